The Morgan fingerprint density at radius 3 is 3.10 bits per heavy atom. The van der Waals surface area contributed by atoms with E-state index < -0.39 is 0 Å². The molecule has 1 aliphatic heterocycles. The van der Waals surface area contributed by atoms with Crippen LogP contribution in [0.5, 0.6) is 0 Å². The number of hydrogen-bond acceptors (Lipinski definition) is 5. The van der Waals surface area contributed by atoms with Gasteiger partial charge in [0, 0.05) is 24.4 Å². The lowest BCUT2D eigenvalue weighted by molar-refractivity contribution is 0.463. The molecule has 1 aliphatic rings. The molecule has 0 spiro atoms. The highest BCUT2D eigenvalue weighted by Gasteiger charge is 2.26. The molecular formula is C13H15N7. The van der Waals surface area contributed by atoms with Gasteiger partial charge in [0.05, 0.1) is 23.8 Å². The van der Waals surface area contributed by atoms with Crippen molar-refractivity contribution in [3.8, 4) is 0 Å². The van der Waals surface area contributed by atoms with Crippen LogP contribution in [0.25, 0.3) is 5.78 Å². The molecule has 0 amide bonds. The van der Waals surface area contributed by atoms with Gasteiger partial charge in [-0.3, -0.25) is 4.40 Å². The number of nitrogens with one attached hydrogen (secondary N) is 2. The van der Waals surface area contributed by atoms with Crippen LogP contribution in [0.4, 0.5) is 0 Å². The highest BCUT2D eigenvalue weighted by molar-refractivity contribution is 5.34. The third-order valence-corrected chi connectivity index (χ3v) is 3.76. The van der Waals surface area contributed by atoms with Crippen LogP contribution >= 0.6 is 0 Å². The van der Waals surface area contributed by atoms with E-state index in [9.17, 15) is 0 Å². The second-order valence-electron chi connectivity index (χ2n) is 5.20. The number of aromatic nitrogens is 6. The molecule has 7 heteroatoms. The number of nitrogens with zero attached hydrogens (tertiary/aromatic N) is 5. The van der Waals surface area contributed by atoms with Gasteiger partial charge in [0.1, 0.15) is 0 Å². The van der Waals surface area contributed by atoms with Gasteiger partial charge in [0.15, 0.2) is 5.82 Å². The van der Waals surface area contributed by atoms with Gasteiger partial charge in [0.2, 0.25) is 0 Å². The molecule has 0 saturated heterocycles. The highest BCUT2D eigenvalue weighted by atomic mass is 15.3. The molecular weight excluding hydrogens is 254 g/mol. The van der Waals surface area contributed by atoms with Crippen molar-refractivity contribution in [2.45, 2.75) is 32.9 Å². The maximum atomic E-state index is 4.43. The molecule has 0 aromatic carbocycles. The third kappa shape index (κ3) is 1.63. The first kappa shape index (κ1) is 11.5. The summed E-state index contributed by atoms with van der Waals surface area (Å²) in [5, 5.41) is 12.0. The van der Waals surface area contributed by atoms with Crippen molar-refractivity contribution in [3.63, 3.8) is 0 Å². The smallest absolute Gasteiger partial charge is 0.255 e. The summed E-state index contributed by atoms with van der Waals surface area (Å²) in [4.78, 5) is 11.9. The van der Waals surface area contributed by atoms with E-state index in [1.807, 2.05) is 17.4 Å². The molecule has 20 heavy (non-hydrogen) atoms. The Morgan fingerprint density at radius 2 is 2.20 bits per heavy atom. The summed E-state index contributed by atoms with van der Waals surface area (Å²) in [6.07, 6.45) is 2.56. The van der Waals surface area contributed by atoms with Gasteiger partial charge in [-0.2, -0.15) is 0 Å². The van der Waals surface area contributed by atoms with E-state index in [1.165, 1.54) is 0 Å². The van der Waals surface area contributed by atoms with Gasteiger partial charge in [0.25, 0.3) is 5.78 Å². The molecule has 2 N–H and O–H groups in total. The van der Waals surface area contributed by atoms with E-state index >= 15 is 0 Å². The Bertz CT molecular complexity index is 785. The van der Waals surface area contributed by atoms with Crippen molar-refractivity contribution in [1.29, 1.82) is 0 Å². The molecule has 1 atom stereocenters. The molecule has 4 heterocycles. The van der Waals surface area contributed by atoms with Crippen molar-refractivity contribution in [2.24, 2.45) is 0 Å². The Hall–Kier alpha value is -2.28. The first-order valence-corrected chi connectivity index (χ1v) is 6.66. The molecule has 3 aromatic rings. The number of aryl methyl sites for hydroxylation is 2. The van der Waals surface area contributed by atoms with Gasteiger partial charge in [-0.05, 0) is 19.9 Å². The van der Waals surface area contributed by atoms with Crippen LogP contribution in [0, 0.1) is 13.8 Å². The van der Waals surface area contributed by atoms with Crippen LogP contribution in [-0.4, -0.2) is 29.5 Å². The first-order valence-electron chi connectivity index (χ1n) is 6.66. The standard InChI is InChI=1S/C13H15N7/c1-7-3-8(2)20-12(18-19-13(20)17-7)10-4-9-11(5-14-10)16-6-15-9/h3,6,10,14H,4-5H2,1-2H3,(H,15,16). The molecule has 0 saturated carbocycles. The molecule has 0 radical (unpaired) electrons. The molecule has 7 nitrogen and oxygen atoms in total. The van der Waals surface area contributed by atoms with E-state index in [1.54, 1.807) is 6.33 Å². The molecule has 0 fully saturated rings. The quantitative estimate of drug-likeness (QED) is 0.684. The van der Waals surface area contributed by atoms with Crippen molar-refractivity contribution in [3.05, 3.63) is 41.0 Å². The van der Waals surface area contributed by atoms with Crippen LogP contribution in [0.1, 0.15) is 34.6 Å². The Morgan fingerprint density at radius 1 is 1.30 bits per heavy atom. The van der Waals surface area contributed by atoms with E-state index in [-0.39, 0.29) is 6.04 Å². The second kappa shape index (κ2) is 4.11. The van der Waals surface area contributed by atoms with Crippen LogP contribution in [-0.2, 0) is 13.0 Å². The van der Waals surface area contributed by atoms with Crippen molar-refractivity contribution in [2.75, 3.05) is 0 Å². The van der Waals surface area contributed by atoms with Crippen LogP contribution in [0.3, 0.4) is 0 Å². The fraction of sp³-hybridized carbons (Fsp3) is 0.385. The predicted molar refractivity (Wildman–Crippen MR) is 72.1 cm³/mol. The van der Waals surface area contributed by atoms with Crippen LogP contribution < -0.4 is 5.32 Å². The van der Waals surface area contributed by atoms with E-state index in [0.29, 0.717) is 5.78 Å². The minimum atomic E-state index is 0.115. The summed E-state index contributed by atoms with van der Waals surface area (Å²) in [6.45, 7) is 4.79. The predicted octanol–water partition coefficient (Wildman–Crippen LogP) is 0.851. The summed E-state index contributed by atoms with van der Waals surface area (Å²) in [7, 11) is 0. The zero-order valence-corrected chi connectivity index (χ0v) is 11.4. The highest BCUT2D eigenvalue weighted by Crippen LogP contribution is 2.23. The molecule has 0 bridgehead atoms. The molecule has 0 aliphatic carbocycles. The van der Waals surface area contributed by atoms with Gasteiger partial charge in [-0.1, -0.05) is 0 Å². The number of hydrogen-bond donors (Lipinski definition) is 2. The molecule has 4 rings (SSSR count). The van der Waals surface area contributed by atoms with E-state index in [2.05, 4.69) is 37.4 Å². The Kier molecular flexibility index (Phi) is 2.37. The number of imidazole rings is 1. The lowest BCUT2D eigenvalue weighted by Gasteiger charge is -2.21. The maximum Gasteiger partial charge on any atom is 0.255 e. The Balaban J connectivity index is 1.80. The fourth-order valence-electron chi connectivity index (χ4n) is 2.83. The SMILES string of the molecule is Cc1cc(C)n2c(C3Cc4nc[nH]c4CN3)nnc2n1. The van der Waals surface area contributed by atoms with Crippen LogP contribution in [0.2, 0.25) is 0 Å². The zero-order valence-electron chi connectivity index (χ0n) is 11.4. The average molecular weight is 269 g/mol. The minimum Gasteiger partial charge on any atom is -0.347 e. The minimum absolute atomic E-state index is 0.115. The summed E-state index contributed by atoms with van der Waals surface area (Å²) >= 11 is 0. The molecule has 3 aromatic heterocycles. The average Bonchev–Trinajstić information content (AvgIpc) is 3.03. The van der Waals surface area contributed by atoms with Crippen molar-refractivity contribution < 1.29 is 0 Å². The van der Waals surface area contributed by atoms with Gasteiger partial charge in [-0.15, -0.1) is 10.2 Å². The lowest BCUT2D eigenvalue weighted by Crippen LogP contribution is -2.30. The Labute approximate surface area is 115 Å². The molecule has 102 valence electrons. The number of fused-ring (bicyclic) bond motifs is 2. The normalized spacial score (nSPS) is 18.4. The number of H-pyrrole nitrogens is 1. The van der Waals surface area contributed by atoms with Gasteiger partial charge < -0.3 is 10.3 Å². The van der Waals surface area contributed by atoms with Crippen molar-refractivity contribution >= 4 is 5.78 Å². The topological polar surface area (TPSA) is 83.8 Å². The molecule has 1 unspecified atom stereocenters. The number of aromatic amines is 1. The summed E-state index contributed by atoms with van der Waals surface area (Å²) < 4.78 is 2.02. The summed E-state index contributed by atoms with van der Waals surface area (Å²) in [6, 6.07) is 2.16. The summed E-state index contributed by atoms with van der Waals surface area (Å²) in [5.74, 6) is 1.56. The number of rotatable bonds is 1. The van der Waals surface area contributed by atoms with Gasteiger partial charge in [-0.25, -0.2) is 9.97 Å². The lowest BCUT2D eigenvalue weighted by atomic mass is 10.0. The van der Waals surface area contributed by atoms with Gasteiger partial charge >= 0.3 is 0 Å². The van der Waals surface area contributed by atoms with Crippen molar-refractivity contribution in [1.82, 2.24) is 34.9 Å². The van der Waals surface area contributed by atoms with E-state index in [4.69, 9.17) is 0 Å². The maximum absolute atomic E-state index is 4.43. The zero-order chi connectivity index (χ0) is 13.7. The second-order valence-corrected chi connectivity index (χ2v) is 5.20. The summed E-state index contributed by atoms with van der Waals surface area (Å²) in [5.41, 5.74) is 4.31. The largest absolute Gasteiger partial charge is 0.347 e. The van der Waals surface area contributed by atoms with E-state index in [0.717, 1.165) is 41.6 Å². The monoisotopic (exact) mass is 269 g/mol. The third-order valence-electron chi connectivity index (χ3n) is 3.76. The van der Waals surface area contributed by atoms with Crippen LogP contribution in [0.15, 0.2) is 12.4 Å². The fourth-order valence-corrected chi connectivity index (χ4v) is 2.83. The first-order chi connectivity index (χ1) is 9.72.